The number of nitrogens with one attached hydrogen (secondary N) is 1. The molecule has 11 heterocycles. The van der Waals surface area contributed by atoms with Gasteiger partial charge in [-0.25, -0.2) is 24.3 Å². The summed E-state index contributed by atoms with van der Waals surface area (Å²) in [5, 5.41) is 18.1. The normalized spacial score (nSPS) is 11.1. The highest BCUT2D eigenvalue weighted by Gasteiger charge is 2.29. The number of furan rings is 5. The van der Waals surface area contributed by atoms with E-state index in [1.807, 2.05) is 82.3 Å². The number of rotatable bonds is 14. The SMILES string of the molecule is CC(=O)c1ccco1.CC(C)(C)c1cc(-c2ccco2)n(-c2ncccc2Cl)n1.CC(C)(Cl)C(=O)CC(=O)c1ccco1.CC(C)(Cl)c1cc(-c2ccco2)n(-c2ncccc2Cl)n1.CC(C)(Cl)c1cc(-c2ccco2)n[nH]1.CCOC(=O)C(C)(C)Cl.Clc1cccnc1Cl.NN. The molecule has 0 saturated carbocycles. The van der Waals surface area contributed by atoms with E-state index in [9.17, 15) is 19.2 Å². The summed E-state index contributed by atoms with van der Waals surface area (Å²) >= 11 is 47.3. The molecular weight excluding hydrogens is 1410 g/mol. The standard InChI is InChI=1S/C16H16ClN3O.C15H13Cl2N3O.C10H11ClN2O.C10H11ClO3.C6H11ClO2.C6H6O2.C5H3Cl2N.H4N2/c1-16(2,3)14-10-12(13-7-5-9-21-13)20(19-14)15-11(17)6-4-8-18-15;1-15(2,17)13-9-11(12-6-4-8-21-12)20(19-13)14-10(16)5-3-7-18-14;1-10(2,11)9-6-7(12-13-9)8-4-3-5-14-8;1-10(2,11)9(13)6-7(12)8-4-3-5-14-8;1-4-9-5(8)6(2,3)7;1-5(7)6-3-2-4-8-6;6-4-2-1-3-8-5(4)7;1-2/h4-10H,1-3H3;3-9H,1-2H3;3-6H,1-2H3,(H,12,13);3-5H,6H2,1-2H3;4H2,1-3H3;2-4H,1H3;1-3H;1-2H2. The number of aromatic amines is 1. The molecule has 518 valence electrons. The third-order valence-corrected chi connectivity index (χ3v) is 14.4. The van der Waals surface area contributed by atoms with Crippen LogP contribution in [0.2, 0.25) is 20.2 Å². The number of pyridine rings is 3. The first-order chi connectivity index (χ1) is 45.5. The van der Waals surface area contributed by atoms with Gasteiger partial charge in [-0.15, -0.1) is 46.4 Å². The van der Waals surface area contributed by atoms with E-state index in [0.717, 1.165) is 45.7 Å². The lowest BCUT2D eigenvalue weighted by molar-refractivity contribution is -0.145. The first-order valence-corrected chi connectivity index (χ1v) is 32.3. The third kappa shape index (κ3) is 26.2. The van der Waals surface area contributed by atoms with Gasteiger partial charge in [-0.1, -0.05) is 67.2 Å². The van der Waals surface area contributed by atoms with Gasteiger partial charge < -0.3 is 26.8 Å². The van der Waals surface area contributed by atoms with E-state index in [1.54, 1.807) is 136 Å². The molecule has 0 unspecified atom stereocenters. The molecule has 0 aromatic carbocycles. The van der Waals surface area contributed by atoms with Crippen molar-refractivity contribution in [2.45, 2.75) is 121 Å². The van der Waals surface area contributed by atoms with Crippen molar-refractivity contribution in [3.8, 4) is 46.0 Å². The Kier molecular flexibility index (Phi) is 31.8. The van der Waals surface area contributed by atoms with E-state index < -0.39 is 19.5 Å². The predicted octanol–water partition coefficient (Wildman–Crippen LogP) is 19.0. The molecular formula is C68H75Cl8N11O10. The number of hydrogen-bond donors (Lipinski definition) is 3. The molecule has 11 aromatic rings. The summed E-state index contributed by atoms with van der Waals surface area (Å²) in [6, 6.07) is 33.9. The summed E-state index contributed by atoms with van der Waals surface area (Å²) in [6.07, 6.45) is 12.5. The molecule has 29 heteroatoms. The van der Waals surface area contributed by atoms with Crippen molar-refractivity contribution in [3.63, 3.8) is 0 Å². The number of nitrogens with two attached hydrogens (primary N) is 2. The molecule has 11 aromatic heterocycles. The van der Waals surface area contributed by atoms with Gasteiger partial charge in [0.2, 0.25) is 5.78 Å². The lowest BCUT2D eigenvalue weighted by atomic mass is 9.92. The quantitative estimate of drug-likeness (QED) is 0.0173. The van der Waals surface area contributed by atoms with Crippen LogP contribution in [0.5, 0.6) is 0 Å². The fourth-order valence-electron chi connectivity index (χ4n) is 7.21. The number of carbonyl (C=O) groups excluding carboxylic acids is 4. The molecule has 5 N–H and O–H groups in total. The summed E-state index contributed by atoms with van der Waals surface area (Å²) < 4.78 is 33.8. The Labute approximate surface area is 602 Å². The van der Waals surface area contributed by atoms with Crippen molar-refractivity contribution in [3.05, 3.63) is 214 Å². The van der Waals surface area contributed by atoms with E-state index in [1.165, 1.54) is 25.5 Å². The van der Waals surface area contributed by atoms with Gasteiger partial charge in [-0.2, -0.15) is 15.3 Å². The summed E-state index contributed by atoms with van der Waals surface area (Å²) in [4.78, 5) is 53.3. The lowest BCUT2D eigenvalue weighted by Gasteiger charge is -2.14. The van der Waals surface area contributed by atoms with Crippen LogP contribution < -0.4 is 11.7 Å². The minimum atomic E-state index is -0.998. The first kappa shape index (κ1) is 81.6. The summed E-state index contributed by atoms with van der Waals surface area (Å²) in [5.41, 5.74) is 4.85. The molecule has 0 amide bonds. The fraction of sp³-hybridized carbons (Fsp3) is 0.294. The summed E-state index contributed by atoms with van der Waals surface area (Å²) in [6.45, 7) is 23.9. The van der Waals surface area contributed by atoms with Crippen LogP contribution in [0.25, 0.3) is 46.0 Å². The van der Waals surface area contributed by atoms with Crippen LogP contribution >= 0.6 is 92.8 Å². The second-order valence-electron chi connectivity index (χ2n) is 23.0. The smallest absolute Gasteiger partial charge is 0.326 e. The Morgan fingerprint density at radius 3 is 1.29 bits per heavy atom. The van der Waals surface area contributed by atoms with Gasteiger partial charge in [0.15, 0.2) is 52.0 Å². The number of ketones is 3. The van der Waals surface area contributed by atoms with Crippen molar-refractivity contribution in [2.24, 2.45) is 11.7 Å². The second kappa shape index (κ2) is 37.8. The Hall–Kier alpha value is -7.80. The third-order valence-electron chi connectivity index (χ3n) is 12.3. The van der Waals surface area contributed by atoms with Gasteiger partial charge in [-0.05, 0) is 178 Å². The maximum atomic E-state index is 11.4. The first-order valence-electron chi connectivity index (χ1n) is 29.3. The number of carbonyl (C=O) groups is 4. The van der Waals surface area contributed by atoms with E-state index in [-0.39, 0.29) is 40.9 Å². The molecule has 0 saturated heterocycles. The van der Waals surface area contributed by atoms with Gasteiger partial charge in [0.1, 0.15) is 27.1 Å². The van der Waals surface area contributed by atoms with Crippen molar-refractivity contribution in [1.82, 2.24) is 44.7 Å². The monoisotopic (exact) mass is 1490 g/mol. The predicted molar refractivity (Wildman–Crippen MR) is 381 cm³/mol. The van der Waals surface area contributed by atoms with E-state index in [4.69, 9.17) is 115 Å². The molecule has 97 heavy (non-hydrogen) atoms. The molecule has 11 rings (SSSR count). The molecule has 0 spiro atoms. The molecule has 0 radical (unpaired) electrons. The average Bonchev–Trinajstić information content (AvgIpc) is 1.79. The highest BCUT2D eigenvalue weighted by atomic mass is 35.5. The summed E-state index contributed by atoms with van der Waals surface area (Å²) in [5.74, 6) is 10.9. The Balaban J connectivity index is 0.000000247. The Bertz CT molecular complexity index is 3980. The molecule has 21 nitrogen and oxygen atoms in total. The fourth-order valence-corrected chi connectivity index (χ4v) is 8.17. The number of hydrazine groups is 1. The summed E-state index contributed by atoms with van der Waals surface area (Å²) in [7, 11) is 0. The van der Waals surface area contributed by atoms with Gasteiger partial charge in [0, 0.05) is 30.9 Å². The minimum Gasteiger partial charge on any atom is -0.465 e. The van der Waals surface area contributed by atoms with Crippen molar-refractivity contribution >= 4 is 116 Å². The van der Waals surface area contributed by atoms with Gasteiger partial charge >= 0.3 is 5.97 Å². The van der Waals surface area contributed by atoms with Crippen LogP contribution in [0.3, 0.4) is 0 Å². The lowest BCUT2D eigenvalue weighted by Crippen LogP contribution is -2.26. The number of halogens is 8. The zero-order valence-electron chi connectivity index (χ0n) is 55.3. The van der Waals surface area contributed by atoms with Gasteiger partial charge in [0.25, 0.3) is 0 Å². The Morgan fingerprint density at radius 1 is 0.526 bits per heavy atom. The maximum absolute atomic E-state index is 11.4. The molecule has 0 bridgehead atoms. The number of nitrogens with zero attached hydrogens (tertiary/aromatic N) is 8. The topological polar surface area (TPSA) is 298 Å². The van der Waals surface area contributed by atoms with Crippen molar-refractivity contribution < 1.29 is 46.0 Å². The molecule has 0 fully saturated rings. The van der Waals surface area contributed by atoms with Crippen molar-refractivity contribution in [2.75, 3.05) is 6.61 Å². The van der Waals surface area contributed by atoms with E-state index in [2.05, 4.69) is 72.5 Å². The molecule has 0 aliphatic rings. The van der Waals surface area contributed by atoms with Crippen LogP contribution in [-0.4, -0.2) is 84.4 Å². The van der Waals surface area contributed by atoms with Crippen LogP contribution in [0.4, 0.5) is 0 Å². The maximum Gasteiger partial charge on any atom is 0.326 e. The van der Waals surface area contributed by atoms with Gasteiger partial charge in [0.05, 0.1) is 91.1 Å². The number of esters is 1. The van der Waals surface area contributed by atoms with Crippen molar-refractivity contribution in [1.29, 1.82) is 0 Å². The van der Waals surface area contributed by atoms with Crippen LogP contribution in [-0.2, 0) is 29.5 Å². The molecule has 0 atom stereocenters. The number of alkyl halides is 4. The van der Waals surface area contributed by atoms with Crippen LogP contribution in [0.1, 0.15) is 135 Å². The molecule has 0 aliphatic heterocycles. The second-order valence-corrected chi connectivity index (χ2v) is 28.4. The molecule has 0 aliphatic carbocycles. The zero-order valence-corrected chi connectivity index (χ0v) is 61.4. The number of hydrogen-bond acceptors (Lipinski definition) is 18. The largest absolute Gasteiger partial charge is 0.465 e. The highest BCUT2D eigenvalue weighted by molar-refractivity contribution is 6.41. The number of aromatic nitrogens is 9. The Morgan fingerprint density at radius 2 is 0.959 bits per heavy atom. The number of ether oxygens (including phenoxy) is 1. The van der Waals surface area contributed by atoms with Crippen LogP contribution in [0.15, 0.2) is 187 Å². The van der Waals surface area contributed by atoms with Crippen LogP contribution in [0, 0.1) is 0 Å². The number of Topliss-reactive ketones (excluding diaryl/α,β-unsaturated/α-hetero) is 3. The minimum absolute atomic E-state index is 0.0324. The van der Waals surface area contributed by atoms with Gasteiger partial charge in [-0.3, -0.25) is 36.0 Å². The zero-order chi connectivity index (χ0) is 72.5. The average molecular weight is 1490 g/mol. The number of H-pyrrole nitrogens is 1. The van der Waals surface area contributed by atoms with E-state index in [0.29, 0.717) is 50.0 Å². The van der Waals surface area contributed by atoms with E-state index >= 15 is 0 Å². The highest BCUT2D eigenvalue weighted by Crippen LogP contribution is 2.35.